The zero-order chi connectivity index (χ0) is 24.0. The number of rotatable bonds is 9. The fourth-order valence-electron chi connectivity index (χ4n) is 4.68. The molecule has 2 aliphatic rings. The number of thioether (sulfide) groups is 1. The summed E-state index contributed by atoms with van der Waals surface area (Å²) in [5.41, 5.74) is 2.02. The summed E-state index contributed by atoms with van der Waals surface area (Å²) in [4.78, 5) is 15.0. The number of nitrogens with zero attached hydrogens (tertiary/aromatic N) is 4. The second-order valence-electron chi connectivity index (χ2n) is 9.09. The van der Waals surface area contributed by atoms with E-state index in [-0.39, 0.29) is 23.6 Å². The molecule has 0 aliphatic carbocycles. The lowest BCUT2D eigenvalue weighted by atomic mass is 10.1. The summed E-state index contributed by atoms with van der Waals surface area (Å²) in [6.45, 7) is 4.01. The molecule has 2 aliphatic heterocycles. The summed E-state index contributed by atoms with van der Waals surface area (Å²) in [6, 6.07) is 16.6. The van der Waals surface area contributed by atoms with E-state index in [1.807, 2.05) is 10.6 Å². The fourth-order valence-corrected chi connectivity index (χ4v) is 5.45. The minimum absolute atomic E-state index is 0.0110. The summed E-state index contributed by atoms with van der Waals surface area (Å²) >= 11 is 1.37. The fraction of sp³-hybridized carbons (Fsp3) is 0.423. The van der Waals surface area contributed by atoms with Crippen molar-refractivity contribution in [2.24, 2.45) is 5.92 Å². The number of carbonyl (C=O) groups is 1. The minimum atomic E-state index is -0.292. The van der Waals surface area contributed by atoms with Crippen LogP contribution in [0.1, 0.15) is 19.3 Å². The van der Waals surface area contributed by atoms with Crippen LogP contribution in [0.25, 0.3) is 11.4 Å². The Bertz CT molecular complexity index is 1120. The number of anilines is 1. The topological polar surface area (TPSA) is 72.3 Å². The Morgan fingerprint density at radius 2 is 1.94 bits per heavy atom. The molecule has 2 aromatic carbocycles. The maximum Gasteiger partial charge on any atom is 0.230 e. The van der Waals surface area contributed by atoms with Crippen LogP contribution in [-0.2, 0) is 16.1 Å². The number of aromatic nitrogens is 3. The van der Waals surface area contributed by atoms with E-state index in [4.69, 9.17) is 4.74 Å². The number of halogens is 1. The van der Waals surface area contributed by atoms with Crippen LogP contribution in [0.3, 0.4) is 0 Å². The van der Waals surface area contributed by atoms with Crippen molar-refractivity contribution in [3.8, 4) is 11.4 Å². The van der Waals surface area contributed by atoms with Crippen molar-refractivity contribution in [3.05, 3.63) is 60.4 Å². The van der Waals surface area contributed by atoms with E-state index in [0.717, 1.165) is 44.5 Å². The summed E-state index contributed by atoms with van der Waals surface area (Å²) in [7, 11) is 0. The highest BCUT2D eigenvalue weighted by molar-refractivity contribution is 7.99. The van der Waals surface area contributed by atoms with Crippen molar-refractivity contribution in [1.82, 2.24) is 20.1 Å². The third-order valence-corrected chi connectivity index (χ3v) is 7.52. The van der Waals surface area contributed by atoms with Gasteiger partial charge in [0.05, 0.1) is 18.4 Å². The lowest BCUT2D eigenvalue weighted by Gasteiger charge is -2.18. The number of para-hydroxylation sites is 1. The Balaban J connectivity index is 1.17. The minimum Gasteiger partial charge on any atom is -0.376 e. The largest absolute Gasteiger partial charge is 0.376 e. The van der Waals surface area contributed by atoms with Crippen molar-refractivity contribution in [1.29, 1.82) is 0 Å². The predicted molar refractivity (Wildman–Crippen MR) is 135 cm³/mol. The average molecular weight is 496 g/mol. The van der Waals surface area contributed by atoms with Gasteiger partial charge in [-0.1, -0.05) is 30.0 Å². The quantitative estimate of drug-likeness (QED) is 0.453. The molecule has 2 fully saturated rings. The highest BCUT2D eigenvalue weighted by atomic mass is 32.2. The number of hydrogen-bond acceptors (Lipinski definition) is 6. The molecule has 2 unspecified atom stereocenters. The van der Waals surface area contributed by atoms with Gasteiger partial charge in [-0.05, 0) is 61.6 Å². The van der Waals surface area contributed by atoms with Gasteiger partial charge in [-0.15, -0.1) is 10.2 Å². The molecule has 184 valence electrons. The molecule has 0 saturated carbocycles. The average Bonchev–Trinajstić information content (AvgIpc) is 3.65. The van der Waals surface area contributed by atoms with Crippen molar-refractivity contribution in [2.75, 3.05) is 36.9 Å². The Hall–Kier alpha value is -2.91. The van der Waals surface area contributed by atoms with E-state index >= 15 is 0 Å². The van der Waals surface area contributed by atoms with E-state index in [1.165, 1.54) is 29.6 Å². The van der Waals surface area contributed by atoms with Gasteiger partial charge in [-0.3, -0.25) is 9.36 Å². The molecule has 35 heavy (non-hydrogen) atoms. The molecule has 3 heterocycles. The smallest absolute Gasteiger partial charge is 0.230 e. The highest BCUT2D eigenvalue weighted by Gasteiger charge is 2.24. The number of hydrogen-bond donors (Lipinski definition) is 1. The van der Waals surface area contributed by atoms with Gasteiger partial charge in [-0.2, -0.15) is 0 Å². The molecule has 2 atom stereocenters. The first-order valence-electron chi connectivity index (χ1n) is 12.2. The molecular formula is C26H30FN5O2S. The zero-order valence-corrected chi connectivity index (χ0v) is 20.4. The van der Waals surface area contributed by atoms with Crippen LogP contribution >= 0.6 is 11.8 Å². The number of nitrogens with one attached hydrogen (secondary N) is 1. The SMILES string of the molecule is O=C(CSc1nnc(-c2ccc(F)cc2)n1CC1CCCO1)NCC1CCN(c2ccccc2)C1. The van der Waals surface area contributed by atoms with Gasteiger partial charge in [0.1, 0.15) is 5.82 Å². The Morgan fingerprint density at radius 3 is 2.71 bits per heavy atom. The van der Waals surface area contributed by atoms with Crippen molar-refractivity contribution < 1.29 is 13.9 Å². The maximum atomic E-state index is 13.4. The molecule has 1 amide bonds. The van der Waals surface area contributed by atoms with E-state index in [2.05, 4.69) is 44.7 Å². The molecule has 9 heteroatoms. The van der Waals surface area contributed by atoms with Gasteiger partial charge in [-0.25, -0.2) is 4.39 Å². The van der Waals surface area contributed by atoms with Crippen LogP contribution in [0.2, 0.25) is 0 Å². The Labute approximate surface area is 209 Å². The standard InChI is InChI=1S/C26H30FN5O2S/c27-21-10-8-20(9-11-21)25-29-30-26(32(25)17-23-7-4-14-34-23)35-18-24(33)28-15-19-12-13-31(16-19)22-5-2-1-3-6-22/h1-3,5-6,8-11,19,23H,4,7,12-18H2,(H,28,33). The first-order chi connectivity index (χ1) is 17.2. The molecule has 1 N–H and O–H groups in total. The third-order valence-electron chi connectivity index (χ3n) is 6.56. The molecule has 0 bridgehead atoms. The third kappa shape index (κ3) is 6.02. The number of carbonyl (C=O) groups excluding carboxylic acids is 1. The maximum absolute atomic E-state index is 13.4. The van der Waals surface area contributed by atoms with Gasteiger partial charge >= 0.3 is 0 Å². The number of benzene rings is 2. The van der Waals surface area contributed by atoms with E-state index in [1.54, 1.807) is 12.1 Å². The lowest BCUT2D eigenvalue weighted by Crippen LogP contribution is -2.32. The van der Waals surface area contributed by atoms with Crippen LogP contribution in [-0.4, -0.2) is 58.8 Å². The van der Waals surface area contributed by atoms with Crippen molar-refractivity contribution in [3.63, 3.8) is 0 Å². The van der Waals surface area contributed by atoms with Gasteiger partial charge in [0, 0.05) is 37.5 Å². The Kier molecular flexibility index (Phi) is 7.63. The molecule has 3 aromatic rings. The van der Waals surface area contributed by atoms with E-state index in [0.29, 0.717) is 30.0 Å². The normalized spacial score (nSPS) is 19.9. The monoisotopic (exact) mass is 495 g/mol. The predicted octanol–water partition coefficient (Wildman–Crippen LogP) is 4.00. The van der Waals surface area contributed by atoms with E-state index in [9.17, 15) is 9.18 Å². The Morgan fingerprint density at radius 1 is 1.11 bits per heavy atom. The summed E-state index contributed by atoms with van der Waals surface area (Å²) in [6.07, 6.45) is 3.17. The summed E-state index contributed by atoms with van der Waals surface area (Å²) in [5.74, 6) is 1.07. The van der Waals surface area contributed by atoms with Crippen molar-refractivity contribution >= 4 is 23.4 Å². The number of ether oxygens (including phenoxy) is 1. The molecule has 5 rings (SSSR count). The van der Waals surface area contributed by atoms with Crippen LogP contribution in [0.4, 0.5) is 10.1 Å². The molecule has 1 aromatic heterocycles. The molecule has 7 nitrogen and oxygen atoms in total. The van der Waals surface area contributed by atoms with Gasteiger partial charge in [0.2, 0.25) is 5.91 Å². The molecule has 0 radical (unpaired) electrons. The van der Waals surface area contributed by atoms with Crippen LogP contribution in [0, 0.1) is 11.7 Å². The van der Waals surface area contributed by atoms with Gasteiger partial charge < -0.3 is 15.0 Å². The van der Waals surface area contributed by atoms with Crippen molar-refractivity contribution in [2.45, 2.75) is 37.1 Å². The van der Waals surface area contributed by atoms with Gasteiger partial charge in [0.15, 0.2) is 11.0 Å². The summed E-state index contributed by atoms with van der Waals surface area (Å²) in [5, 5.41) is 12.5. The second-order valence-corrected chi connectivity index (χ2v) is 10.0. The van der Waals surface area contributed by atoms with Crippen LogP contribution < -0.4 is 10.2 Å². The number of amides is 1. The van der Waals surface area contributed by atoms with Crippen LogP contribution in [0.15, 0.2) is 59.8 Å². The van der Waals surface area contributed by atoms with E-state index < -0.39 is 0 Å². The second kappa shape index (κ2) is 11.2. The van der Waals surface area contributed by atoms with Crippen LogP contribution in [0.5, 0.6) is 0 Å². The van der Waals surface area contributed by atoms with Gasteiger partial charge in [0.25, 0.3) is 0 Å². The molecule has 2 saturated heterocycles. The first kappa shape index (κ1) is 23.8. The first-order valence-corrected chi connectivity index (χ1v) is 13.1. The molecule has 0 spiro atoms. The lowest BCUT2D eigenvalue weighted by molar-refractivity contribution is -0.118. The highest BCUT2D eigenvalue weighted by Crippen LogP contribution is 2.27. The summed E-state index contributed by atoms with van der Waals surface area (Å²) < 4.78 is 21.2. The zero-order valence-electron chi connectivity index (χ0n) is 19.6. The molecular weight excluding hydrogens is 465 g/mol.